The fraction of sp³-hybridized carbons (Fsp3) is 0.448. The summed E-state index contributed by atoms with van der Waals surface area (Å²) in [7, 11) is 0. The maximum absolute atomic E-state index is 14.7. The molecule has 7 nitrogen and oxygen atoms in total. The Morgan fingerprint density at radius 2 is 1.82 bits per heavy atom. The molecule has 3 atom stereocenters. The molecule has 2 amide bonds. The van der Waals surface area contributed by atoms with Crippen LogP contribution in [0.1, 0.15) is 44.1 Å². The second kappa shape index (κ2) is 13.5. The van der Waals surface area contributed by atoms with Crippen molar-refractivity contribution in [1.82, 2.24) is 10.2 Å². The minimum absolute atomic E-state index is 0.0267. The van der Waals surface area contributed by atoms with E-state index in [1.807, 2.05) is 18.2 Å². The van der Waals surface area contributed by atoms with Gasteiger partial charge in [0.1, 0.15) is 23.8 Å². The Morgan fingerprint density at radius 3 is 2.53 bits per heavy atom. The molecule has 38 heavy (non-hydrogen) atoms. The van der Waals surface area contributed by atoms with Crippen LogP contribution in [-0.2, 0) is 16.1 Å². The predicted molar refractivity (Wildman–Crippen MR) is 150 cm³/mol. The molecule has 3 unspecified atom stereocenters. The lowest BCUT2D eigenvalue weighted by atomic mass is 9.87. The van der Waals surface area contributed by atoms with Gasteiger partial charge in [-0.05, 0) is 65.6 Å². The number of aliphatic hydroxyl groups excluding tert-OH is 2. The van der Waals surface area contributed by atoms with Crippen molar-refractivity contribution in [3.05, 3.63) is 75.1 Å². The lowest BCUT2D eigenvalue weighted by molar-refractivity contribution is -0.140. The molecule has 0 saturated heterocycles. The molecule has 4 rings (SSSR count). The van der Waals surface area contributed by atoms with E-state index < -0.39 is 30.0 Å². The Morgan fingerprint density at radius 1 is 1.11 bits per heavy atom. The van der Waals surface area contributed by atoms with Crippen LogP contribution >= 0.6 is 22.6 Å². The van der Waals surface area contributed by atoms with E-state index in [-0.39, 0.29) is 37.9 Å². The van der Waals surface area contributed by atoms with Crippen LogP contribution in [-0.4, -0.2) is 58.3 Å². The summed E-state index contributed by atoms with van der Waals surface area (Å²) >= 11 is 2.14. The molecule has 2 aliphatic carbocycles. The number of carbonyl (C=O) groups excluding carboxylic acids is 2. The van der Waals surface area contributed by atoms with Crippen molar-refractivity contribution < 1.29 is 28.9 Å². The number of para-hydroxylation sites is 1. The SMILES string of the molecule is O=C(NCCO)C1=CC(Oc2ccccc2I)C(O)C(N(Cc2ccccc2F)C(=O)CC2CCCC2)C1. The van der Waals surface area contributed by atoms with Crippen LogP contribution in [0.25, 0.3) is 0 Å². The van der Waals surface area contributed by atoms with E-state index in [2.05, 4.69) is 27.9 Å². The highest BCUT2D eigenvalue weighted by atomic mass is 127. The Labute approximate surface area is 236 Å². The van der Waals surface area contributed by atoms with Crippen molar-refractivity contribution in [1.29, 1.82) is 0 Å². The van der Waals surface area contributed by atoms with Gasteiger partial charge in [-0.25, -0.2) is 4.39 Å². The Kier molecular flexibility index (Phi) is 10.1. The number of nitrogens with one attached hydrogen (secondary N) is 1. The normalized spacial score (nSPS) is 21.6. The number of amides is 2. The lowest BCUT2D eigenvalue weighted by Gasteiger charge is -2.41. The van der Waals surface area contributed by atoms with Gasteiger partial charge in [0.25, 0.3) is 0 Å². The van der Waals surface area contributed by atoms with Gasteiger partial charge in [0.15, 0.2) is 0 Å². The van der Waals surface area contributed by atoms with Gasteiger partial charge in [0, 0.05) is 37.1 Å². The van der Waals surface area contributed by atoms with E-state index in [4.69, 9.17) is 4.74 Å². The molecule has 0 aliphatic heterocycles. The molecule has 9 heteroatoms. The number of hydrogen-bond donors (Lipinski definition) is 3. The van der Waals surface area contributed by atoms with E-state index in [1.165, 1.54) is 11.0 Å². The third-order valence-electron chi connectivity index (χ3n) is 7.27. The number of aliphatic hydroxyl groups is 2. The number of rotatable bonds is 10. The maximum Gasteiger partial charge on any atom is 0.247 e. The maximum atomic E-state index is 14.7. The van der Waals surface area contributed by atoms with Crippen molar-refractivity contribution in [3.63, 3.8) is 0 Å². The van der Waals surface area contributed by atoms with Crippen LogP contribution < -0.4 is 10.1 Å². The number of benzene rings is 2. The molecule has 0 aromatic heterocycles. The highest BCUT2D eigenvalue weighted by Gasteiger charge is 2.41. The number of carbonyl (C=O) groups is 2. The first-order valence-corrected chi connectivity index (χ1v) is 14.2. The molecule has 3 N–H and O–H groups in total. The standard InChI is InChI=1S/C29H34FIN2O5/c30-22-10-4-3-9-20(22)18-33(27(35)15-19-7-1-2-8-19)24-16-21(29(37)32-13-14-34)17-26(28(24)36)38-25-12-6-5-11-23(25)31/h3-6,9-12,17,19,24,26,28,34,36H,1-2,7-8,13-16,18H2,(H,32,37). The first kappa shape index (κ1) is 28.5. The fourth-order valence-corrected chi connectivity index (χ4v) is 5.76. The monoisotopic (exact) mass is 636 g/mol. The number of hydrogen-bond acceptors (Lipinski definition) is 5. The molecule has 2 aromatic rings. The average molecular weight is 637 g/mol. The van der Waals surface area contributed by atoms with E-state index in [9.17, 15) is 24.2 Å². The van der Waals surface area contributed by atoms with Gasteiger partial charge in [0.2, 0.25) is 11.8 Å². The molecule has 1 saturated carbocycles. The minimum Gasteiger partial charge on any atom is -0.482 e. The summed E-state index contributed by atoms with van der Waals surface area (Å²) in [5.74, 6) is -0.204. The largest absolute Gasteiger partial charge is 0.482 e. The van der Waals surface area contributed by atoms with E-state index in [1.54, 1.807) is 30.3 Å². The summed E-state index contributed by atoms with van der Waals surface area (Å²) < 4.78 is 21.7. The zero-order valence-electron chi connectivity index (χ0n) is 21.2. The smallest absolute Gasteiger partial charge is 0.247 e. The summed E-state index contributed by atoms with van der Waals surface area (Å²) in [5.41, 5.74) is 0.687. The number of ether oxygens (including phenoxy) is 1. The van der Waals surface area contributed by atoms with Gasteiger partial charge >= 0.3 is 0 Å². The highest BCUT2D eigenvalue weighted by Crippen LogP contribution is 2.33. The van der Waals surface area contributed by atoms with Crippen LogP contribution in [0.3, 0.4) is 0 Å². The van der Waals surface area contributed by atoms with E-state index >= 15 is 0 Å². The second-order valence-electron chi connectivity index (χ2n) is 9.91. The van der Waals surface area contributed by atoms with Crippen LogP contribution in [0.15, 0.2) is 60.2 Å². The van der Waals surface area contributed by atoms with Gasteiger partial charge in [-0.2, -0.15) is 0 Å². The zero-order chi connectivity index (χ0) is 27.1. The quantitative estimate of drug-likeness (QED) is 0.344. The van der Waals surface area contributed by atoms with Crippen molar-refractivity contribution in [2.24, 2.45) is 5.92 Å². The molecular weight excluding hydrogens is 602 g/mol. The van der Waals surface area contributed by atoms with E-state index in [0.29, 0.717) is 23.3 Å². The van der Waals surface area contributed by atoms with Crippen molar-refractivity contribution >= 4 is 34.4 Å². The number of nitrogens with zero attached hydrogens (tertiary/aromatic N) is 1. The minimum atomic E-state index is -1.15. The van der Waals surface area contributed by atoms with Gasteiger partial charge in [-0.1, -0.05) is 43.2 Å². The van der Waals surface area contributed by atoms with Crippen molar-refractivity contribution in [3.8, 4) is 5.75 Å². The Hall–Kier alpha value is -2.50. The number of halogens is 2. The third kappa shape index (κ3) is 7.12. The van der Waals surface area contributed by atoms with Crippen molar-refractivity contribution in [2.45, 2.75) is 63.3 Å². The molecule has 2 aromatic carbocycles. The first-order valence-electron chi connectivity index (χ1n) is 13.1. The van der Waals surface area contributed by atoms with Crippen LogP contribution in [0.4, 0.5) is 4.39 Å². The molecule has 0 radical (unpaired) electrons. The molecule has 2 aliphatic rings. The molecular formula is C29H34FIN2O5. The fourth-order valence-electron chi connectivity index (χ4n) is 5.25. The lowest BCUT2D eigenvalue weighted by Crippen LogP contribution is -2.55. The summed E-state index contributed by atoms with van der Waals surface area (Å²) in [4.78, 5) is 28.2. The highest BCUT2D eigenvalue weighted by molar-refractivity contribution is 14.1. The van der Waals surface area contributed by atoms with Gasteiger partial charge in [-0.15, -0.1) is 0 Å². The molecule has 0 heterocycles. The van der Waals surface area contributed by atoms with E-state index in [0.717, 1.165) is 29.3 Å². The second-order valence-corrected chi connectivity index (χ2v) is 11.1. The predicted octanol–water partition coefficient (Wildman–Crippen LogP) is 3.95. The summed E-state index contributed by atoms with van der Waals surface area (Å²) in [5, 5.41) is 23.4. The Balaban J connectivity index is 1.67. The van der Waals surface area contributed by atoms with Gasteiger partial charge in [-0.3, -0.25) is 9.59 Å². The van der Waals surface area contributed by atoms with Gasteiger partial charge < -0.3 is 25.2 Å². The molecule has 0 spiro atoms. The molecule has 1 fully saturated rings. The topological polar surface area (TPSA) is 99.1 Å². The first-order chi connectivity index (χ1) is 18.4. The summed E-state index contributed by atoms with van der Waals surface area (Å²) in [6, 6.07) is 12.8. The third-order valence-corrected chi connectivity index (χ3v) is 8.16. The van der Waals surface area contributed by atoms with Crippen LogP contribution in [0, 0.1) is 15.3 Å². The van der Waals surface area contributed by atoms with Crippen LogP contribution in [0.2, 0.25) is 0 Å². The van der Waals surface area contributed by atoms with Gasteiger partial charge in [0.05, 0.1) is 16.2 Å². The van der Waals surface area contributed by atoms with Crippen LogP contribution in [0.5, 0.6) is 5.75 Å². The summed E-state index contributed by atoms with van der Waals surface area (Å²) in [6.07, 6.45) is 4.02. The molecule has 0 bridgehead atoms. The zero-order valence-corrected chi connectivity index (χ0v) is 23.3. The van der Waals surface area contributed by atoms with Crippen molar-refractivity contribution in [2.75, 3.05) is 13.2 Å². The molecule has 204 valence electrons. The Bertz CT molecular complexity index is 1150. The average Bonchev–Trinajstić information content (AvgIpc) is 3.42. The summed E-state index contributed by atoms with van der Waals surface area (Å²) in [6.45, 7) is -0.168.